The van der Waals surface area contributed by atoms with Crippen molar-refractivity contribution >= 4 is 21.6 Å². The number of hydrogen-bond acceptors (Lipinski definition) is 5. The van der Waals surface area contributed by atoms with E-state index in [9.17, 15) is 4.39 Å². The van der Waals surface area contributed by atoms with Gasteiger partial charge in [-0.05, 0) is 31.2 Å². The molecule has 0 amide bonds. The molecule has 0 aliphatic heterocycles. The molecule has 5 nitrogen and oxygen atoms in total. The molecule has 7 heteroatoms. The van der Waals surface area contributed by atoms with E-state index < -0.39 is 0 Å². The zero-order valence-corrected chi connectivity index (χ0v) is 11.7. The van der Waals surface area contributed by atoms with Gasteiger partial charge in [0.2, 0.25) is 5.89 Å². The zero-order chi connectivity index (χ0) is 13.7. The predicted molar refractivity (Wildman–Crippen MR) is 71.6 cm³/mol. The van der Waals surface area contributed by atoms with Crippen molar-refractivity contribution < 1.29 is 13.6 Å². The molecular formula is C12H11BrFN3O2. The van der Waals surface area contributed by atoms with Gasteiger partial charge in [-0.25, -0.2) is 4.39 Å². The number of hydrogen-bond donors (Lipinski definition) is 0. The first kappa shape index (κ1) is 13.7. The average Bonchev–Trinajstić information content (AvgIpc) is 2.90. The van der Waals surface area contributed by atoms with Gasteiger partial charge in [0.05, 0.1) is 5.33 Å². The van der Waals surface area contributed by atoms with Crippen LogP contribution in [-0.2, 0) is 4.84 Å². The average molecular weight is 328 g/mol. The minimum atomic E-state index is -0.317. The lowest BCUT2D eigenvalue weighted by Crippen LogP contribution is -2.04. The Balaban J connectivity index is 2.25. The smallest absolute Gasteiger partial charge is 0.266 e. The van der Waals surface area contributed by atoms with Crippen LogP contribution in [-0.4, -0.2) is 27.8 Å². The number of halogens is 2. The van der Waals surface area contributed by atoms with Gasteiger partial charge in [-0.1, -0.05) is 21.1 Å². The summed E-state index contributed by atoms with van der Waals surface area (Å²) < 4.78 is 18.3. The Morgan fingerprint density at radius 1 is 1.37 bits per heavy atom. The molecule has 0 aliphatic carbocycles. The molecule has 0 saturated carbocycles. The summed E-state index contributed by atoms with van der Waals surface area (Å²) in [6.07, 6.45) is 0. The van der Waals surface area contributed by atoms with E-state index in [1.807, 2.05) is 6.92 Å². The first-order valence-corrected chi connectivity index (χ1v) is 6.71. The van der Waals surface area contributed by atoms with Crippen LogP contribution in [0.15, 0.2) is 33.8 Å². The Bertz CT molecular complexity index is 569. The summed E-state index contributed by atoms with van der Waals surface area (Å²) in [5, 5.41) is 12.1. The third-order valence-corrected chi connectivity index (χ3v) is 2.72. The molecule has 0 spiro atoms. The second-order valence-electron chi connectivity index (χ2n) is 3.51. The Morgan fingerprint density at radius 3 is 2.74 bits per heavy atom. The third-order valence-electron chi connectivity index (χ3n) is 2.19. The van der Waals surface area contributed by atoms with E-state index in [0.717, 1.165) is 0 Å². The van der Waals surface area contributed by atoms with Crippen LogP contribution in [0, 0.1) is 5.82 Å². The largest absolute Gasteiger partial charge is 0.415 e. The molecule has 0 radical (unpaired) electrons. The Labute approximate surface area is 117 Å². The molecule has 100 valence electrons. The fourth-order valence-corrected chi connectivity index (χ4v) is 1.65. The van der Waals surface area contributed by atoms with E-state index >= 15 is 0 Å². The first-order chi connectivity index (χ1) is 9.24. The van der Waals surface area contributed by atoms with Crippen LogP contribution >= 0.6 is 15.9 Å². The van der Waals surface area contributed by atoms with Gasteiger partial charge < -0.3 is 9.25 Å². The molecule has 0 aliphatic rings. The van der Waals surface area contributed by atoms with Gasteiger partial charge in [0.25, 0.3) is 5.89 Å². The highest BCUT2D eigenvalue weighted by Crippen LogP contribution is 2.18. The molecular weight excluding hydrogens is 317 g/mol. The van der Waals surface area contributed by atoms with Crippen LogP contribution in [0.25, 0.3) is 11.5 Å². The maximum Gasteiger partial charge on any atom is 0.266 e. The normalized spacial score (nSPS) is 11.6. The number of nitrogens with zero attached hydrogens (tertiary/aromatic N) is 3. The highest BCUT2D eigenvalue weighted by atomic mass is 79.9. The topological polar surface area (TPSA) is 60.5 Å². The van der Waals surface area contributed by atoms with Crippen molar-refractivity contribution in [3.05, 3.63) is 36.0 Å². The van der Waals surface area contributed by atoms with E-state index in [0.29, 0.717) is 29.1 Å². The van der Waals surface area contributed by atoms with Gasteiger partial charge in [0.15, 0.2) is 5.71 Å². The van der Waals surface area contributed by atoms with E-state index in [2.05, 4.69) is 31.3 Å². The van der Waals surface area contributed by atoms with Gasteiger partial charge in [-0.15, -0.1) is 10.2 Å². The Hall–Kier alpha value is -1.76. The molecule has 2 aromatic rings. The summed E-state index contributed by atoms with van der Waals surface area (Å²) in [6.45, 7) is 2.28. The van der Waals surface area contributed by atoms with Crippen molar-refractivity contribution in [1.82, 2.24) is 10.2 Å². The number of alkyl halides is 1. The zero-order valence-electron chi connectivity index (χ0n) is 10.1. The van der Waals surface area contributed by atoms with Crippen molar-refractivity contribution in [2.75, 3.05) is 11.9 Å². The monoisotopic (exact) mass is 327 g/mol. The maximum atomic E-state index is 12.8. The summed E-state index contributed by atoms with van der Waals surface area (Å²) in [7, 11) is 0. The van der Waals surface area contributed by atoms with Crippen LogP contribution in [0.2, 0.25) is 0 Å². The molecule has 0 fully saturated rings. The number of oxime groups is 1. The Kier molecular flexibility index (Phi) is 4.62. The van der Waals surface area contributed by atoms with Crippen molar-refractivity contribution in [3.63, 3.8) is 0 Å². The van der Waals surface area contributed by atoms with E-state index in [1.54, 1.807) is 12.1 Å². The highest BCUT2D eigenvalue weighted by Gasteiger charge is 2.14. The Morgan fingerprint density at radius 2 is 2.11 bits per heavy atom. The van der Waals surface area contributed by atoms with Crippen LogP contribution in [0.3, 0.4) is 0 Å². The first-order valence-electron chi connectivity index (χ1n) is 5.59. The second kappa shape index (κ2) is 6.42. The lowest BCUT2D eigenvalue weighted by atomic mass is 10.2. The van der Waals surface area contributed by atoms with Gasteiger partial charge in [0.1, 0.15) is 12.4 Å². The maximum absolute atomic E-state index is 12.8. The van der Waals surface area contributed by atoms with Crippen LogP contribution in [0.1, 0.15) is 12.8 Å². The fraction of sp³-hybridized carbons (Fsp3) is 0.250. The second-order valence-corrected chi connectivity index (χ2v) is 4.07. The van der Waals surface area contributed by atoms with E-state index in [4.69, 9.17) is 9.25 Å². The fourth-order valence-electron chi connectivity index (χ4n) is 1.31. The molecule has 0 saturated heterocycles. The molecule has 0 unspecified atom stereocenters. The van der Waals surface area contributed by atoms with Crippen molar-refractivity contribution in [3.8, 4) is 11.5 Å². The van der Waals surface area contributed by atoms with Gasteiger partial charge in [-0.2, -0.15) is 0 Å². The summed E-state index contributed by atoms with van der Waals surface area (Å²) >= 11 is 3.27. The number of rotatable bonds is 5. The highest BCUT2D eigenvalue weighted by molar-refractivity contribution is 9.09. The van der Waals surface area contributed by atoms with Crippen LogP contribution in [0.4, 0.5) is 4.39 Å². The molecule has 19 heavy (non-hydrogen) atoms. The molecule has 0 N–H and O–H groups in total. The lowest BCUT2D eigenvalue weighted by molar-refractivity contribution is 0.158. The molecule has 1 aromatic carbocycles. The molecule has 0 bridgehead atoms. The standard InChI is InChI=1S/C12H11BrFN3O2/c1-2-18-17-10(7-13)12-16-15-11(19-12)8-3-5-9(14)6-4-8/h3-6H,2,7H2,1H3. The van der Waals surface area contributed by atoms with Crippen molar-refractivity contribution in [2.24, 2.45) is 5.16 Å². The van der Waals surface area contributed by atoms with Crippen molar-refractivity contribution in [1.29, 1.82) is 0 Å². The molecule has 1 aromatic heterocycles. The summed E-state index contributed by atoms with van der Waals surface area (Å²) in [5.74, 6) is 0.257. The van der Waals surface area contributed by atoms with E-state index in [-0.39, 0.29) is 11.7 Å². The molecule has 0 atom stereocenters. The molecule has 1 heterocycles. The summed E-state index contributed by atoms with van der Waals surface area (Å²) in [5.41, 5.74) is 1.15. The third kappa shape index (κ3) is 3.37. The van der Waals surface area contributed by atoms with Crippen LogP contribution < -0.4 is 0 Å². The van der Waals surface area contributed by atoms with Crippen LogP contribution in [0.5, 0.6) is 0 Å². The SMILES string of the molecule is CCON=C(CBr)c1nnc(-c2ccc(F)cc2)o1. The van der Waals surface area contributed by atoms with Crippen molar-refractivity contribution in [2.45, 2.75) is 6.92 Å². The quantitative estimate of drug-likeness (QED) is 0.481. The minimum absolute atomic E-state index is 0.268. The predicted octanol–water partition coefficient (Wildman–Crippen LogP) is 3.01. The summed E-state index contributed by atoms with van der Waals surface area (Å²) in [4.78, 5) is 4.95. The van der Waals surface area contributed by atoms with Gasteiger partial charge in [0, 0.05) is 5.56 Å². The van der Waals surface area contributed by atoms with Gasteiger partial charge >= 0.3 is 0 Å². The van der Waals surface area contributed by atoms with Gasteiger partial charge in [-0.3, -0.25) is 0 Å². The number of benzene rings is 1. The minimum Gasteiger partial charge on any atom is -0.415 e. The lowest BCUT2D eigenvalue weighted by Gasteiger charge is -1.97. The van der Waals surface area contributed by atoms with E-state index in [1.165, 1.54) is 12.1 Å². The molecule has 2 rings (SSSR count). The summed E-state index contributed by atoms with van der Waals surface area (Å²) in [6, 6.07) is 5.80. The number of aromatic nitrogens is 2.